The Morgan fingerprint density at radius 2 is 1.48 bits per heavy atom. The molecule has 0 amide bonds. The molecule has 0 unspecified atom stereocenters. The lowest BCUT2D eigenvalue weighted by atomic mass is 9.97. The molecule has 21 heavy (non-hydrogen) atoms. The van der Waals surface area contributed by atoms with E-state index in [4.69, 9.17) is 9.47 Å². The van der Waals surface area contributed by atoms with Crippen LogP contribution >= 0.6 is 0 Å². The van der Waals surface area contributed by atoms with Crippen molar-refractivity contribution >= 4 is 10.8 Å². The van der Waals surface area contributed by atoms with Gasteiger partial charge < -0.3 is 14.6 Å². The lowest BCUT2D eigenvalue weighted by molar-refractivity contribution is 0.356. The van der Waals surface area contributed by atoms with E-state index < -0.39 is 0 Å². The van der Waals surface area contributed by atoms with Crippen molar-refractivity contribution < 1.29 is 14.6 Å². The van der Waals surface area contributed by atoms with Crippen LogP contribution in [0.2, 0.25) is 0 Å². The smallest absolute Gasteiger partial charge is 0.161 e. The molecule has 3 aromatic rings. The first kappa shape index (κ1) is 13.3. The highest BCUT2D eigenvalue weighted by atomic mass is 16.5. The average molecular weight is 280 g/mol. The number of phenolic OH excluding ortho intramolecular Hbond substituents is 1. The molecule has 0 aliphatic rings. The van der Waals surface area contributed by atoms with E-state index in [-0.39, 0.29) is 5.75 Å². The normalized spacial score (nSPS) is 10.6. The summed E-state index contributed by atoms with van der Waals surface area (Å²) in [5.41, 5.74) is 2.01. The Bertz CT molecular complexity index is 779. The number of methoxy groups -OCH3 is 2. The van der Waals surface area contributed by atoms with Gasteiger partial charge in [-0.15, -0.1) is 0 Å². The highest BCUT2D eigenvalue weighted by Gasteiger charge is 2.11. The third-order valence-corrected chi connectivity index (χ3v) is 3.53. The highest BCUT2D eigenvalue weighted by Crippen LogP contribution is 2.39. The zero-order valence-corrected chi connectivity index (χ0v) is 12.0. The van der Waals surface area contributed by atoms with Crippen LogP contribution in [0.1, 0.15) is 0 Å². The van der Waals surface area contributed by atoms with Crippen molar-refractivity contribution in [3.8, 4) is 28.4 Å². The third-order valence-electron chi connectivity index (χ3n) is 3.53. The van der Waals surface area contributed by atoms with Crippen molar-refractivity contribution in [3.05, 3.63) is 54.6 Å². The van der Waals surface area contributed by atoms with Crippen LogP contribution in [0.5, 0.6) is 17.2 Å². The largest absolute Gasteiger partial charge is 0.508 e. The van der Waals surface area contributed by atoms with E-state index in [2.05, 4.69) is 0 Å². The maximum Gasteiger partial charge on any atom is 0.161 e. The van der Waals surface area contributed by atoms with Crippen LogP contribution in [0, 0.1) is 0 Å². The fraction of sp³-hybridized carbons (Fsp3) is 0.111. The highest BCUT2D eigenvalue weighted by molar-refractivity contribution is 5.99. The van der Waals surface area contributed by atoms with Gasteiger partial charge in [0.05, 0.1) is 14.2 Å². The Morgan fingerprint density at radius 3 is 2.14 bits per heavy atom. The maximum absolute atomic E-state index is 9.99. The number of hydrogen-bond acceptors (Lipinski definition) is 3. The van der Waals surface area contributed by atoms with Crippen LogP contribution in [0.25, 0.3) is 21.9 Å². The molecule has 0 aliphatic carbocycles. The number of phenols is 1. The molecular formula is C18H16O3. The standard InChI is InChI=1S/C18H16O3/c1-20-17-9-13-8-14(19)10-15(12-6-4-3-5-7-12)16(13)11-18(17)21-2/h3-11,19H,1-2H3. The summed E-state index contributed by atoms with van der Waals surface area (Å²) in [5, 5.41) is 11.9. The first-order valence-electron chi connectivity index (χ1n) is 6.67. The zero-order valence-electron chi connectivity index (χ0n) is 12.0. The van der Waals surface area contributed by atoms with Crippen LogP contribution in [0.15, 0.2) is 54.6 Å². The van der Waals surface area contributed by atoms with Crippen molar-refractivity contribution in [2.24, 2.45) is 0 Å². The molecule has 0 fully saturated rings. The van der Waals surface area contributed by atoms with E-state index in [1.807, 2.05) is 42.5 Å². The summed E-state index contributed by atoms with van der Waals surface area (Å²) in [6, 6.07) is 17.3. The SMILES string of the molecule is COc1cc2cc(O)cc(-c3ccccc3)c2cc1OC. The molecule has 0 aromatic heterocycles. The number of fused-ring (bicyclic) bond motifs is 1. The van der Waals surface area contributed by atoms with Crippen molar-refractivity contribution in [2.45, 2.75) is 0 Å². The van der Waals surface area contributed by atoms with Crippen LogP contribution in [-0.2, 0) is 0 Å². The molecule has 0 spiro atoms. The van der Waals surface area contributed by atoms with Gasteiger partial charge in [0.25, 0.3) is 0 Å². The van der Waals surface area contributed by atoms with Gasteiger partial charge in [-0.2, -0.15) is 0 Å². The number of ether oxygens (including phenoxy) is 2. The minimum Gasteiger partial charge on any atom is -0.508 e. The van der Waals surface area contributed by atoms with E-state index in [9.17, 15) is 5.11 Å². The molecule has 0 heterocycles. The van der Waals surface area contributed by atoms with Crippen LogP contribution in [-0.4, -0.2) is 19.3 Å². The number of hydrogen-bond donors (Lipinski definition) is 1. The van der Waals surface area contributed by atoms with E-state index in [1.54, 1.807) is 26.4 Å². The maximum atomic E-state index is 9.99. The molecule has 3 heteroatoms. The molecule has 0 bridgehead atoms. The Hall–Kier alpha value is -2.68. The molecule has 1 N–H and O–H groups in total. The van der Waals surface area contributed by atoms with Gasteiger partial charge >= 0.3 is 0 Å². The van der Waals surface area contributed by atoms with Gasteiger partial charge in [0.1, 0.15) is 5.75 Å². The minimum atomic E-state index is 0.230. The Morgan fingerprint density at radius 1 is 0.810 bits per heavy atom. The second-order valence-corrected chi connectivity index (χ2v) is 4.79. The zero-order chi connectivity index (χ0) is 14.8. The Labute approximate surface area is 123 Å². The van der Waals surface area contributed by atoms with Crippen LogP contribution in [0.3, 0.4) is 0 Å². The number of benzene rings is 3. The van der Waals surface area contributed by atoms with Crippen molar-refractivity contribution in [1.82, 2.24) is 0 Å². The Balaban J connectivity index is 2.34. The summed E-state index contributed by atoms with van der Waals surface area (Å²) < 4.78 is 10.7. The summed E-state index contributed by atoms with van der Waals surface area (Å²) in [6.45, 7) is 0. The summed E-state index contributed by atoms with van der Waals surface area (Å²) in [5.74, 6) is 1.55. The van der Waals surface area contributed by atoms with Gasteiger partial charge in [0.2, 0.25) is 0 Å². The molecule has 0 saturated heterocycles. The molecule has 0 aliphatic heterocycles. The van der Waals surface area contributed by atoms with Crippen molar-refractivity contribution in [2.75, 3.05) is 14.2 Å². The van der Waals surface area contributed by atoms with Gasteiger partial charge in [-0.3, -0.25) is 0 Å². The topological polar surface area (TPSA) is 38.7 Å². The van der Waals surface area contributed by atoms with Gasteiger partial charge in [0, 0.05) is 0 Å². The molecule has 0 radical (unpaired) electrons. The van der Waals surface area contributed by atoms with Gasteiger partial charge in [0.15, 0.2) is 11.5 Å². The second-order valence-electron chi connectivity index (χ2n) is 4.79. The first-order chi connectivity index (χ1) is 10.2. The van der Waals surface area contributed by atoms with E-state index in [0.29, 0.717) is 11.5 Å². The minimum absolute atomic E-state index is 0.230. The molecule has 3 nitrogen and oxygen atoms in total. The predicted octanol–water partition coefficient (Wildman–Crippen LogP) is 4.23. The summed E-state index contributed by atoms with van der Waals surface area (Å²) in [6.07, 6.45) is 0. The summed E-state index contributed by atoms with van der Waals surface area (Å²) in [4.78, 5) is 0. The molecule has 0 atom stereocenters. The van der Waals surface area contributed by atoms with E-state index in [1.165, 1.54) is 0 Å². The van der Waals surface area contributed by atoms with Crippen LogP contribution < -0.4 is 9.47 Å². The second kappa shape index (κ2) is 5.37. The number of rotatable bonds is 3. The quantitative estimate of drug-likeness (QED) is 0.780. The van der Waals surface area contributed by atoms with Crippen molar-refractivity contribution in [3.63, 3.8) is 0 Å². The Kier molecular flexibility index (Phi) is 3.40. The van der Waals surface area contributed by atoms with Gasteiger partial charge in [-0.05, 0) is 46.2 Å². The summed E-state index contributed by atoms with van der Waals surface area (Å²) in [7, 11) is 3.22. The van der Waals surface area contributed by atoms with Crippen LogP contribution in [0.4, 0.5) is 0 Å². The monoisotopic (exact) mass is 280 g/mol. The van der Waals surface area contributed by atoms with Crippen molar-refractivity contribution in [1.29, 1.82) is 0 Å². The van der Waals surface area contributed by atoms with Gasteiger partial charge in [-0.1, -0.05) is 30.3 Å². The average Bonchev–Trinajstić information content (AvgIpc) is 2.53. The lowest BCUT2D eigenvalue weighted by Crippen LogP contribution is -1.91. The summed E-state index contributed by atoms with van der Waals surface area (Å²) >= 11 is 0. The van der Waals surface area contributed by atoms with Gasteiger partial charge in [-0.25, -0.2) is 0 Å². The van der Waals surface area contributed by atoms with E-state index >= 15 is 0 Å². The lowest BCUT2D eigenvalue weighted by Gasteiger charge is -2.13. The first-order valence-corrected chi connectivity index (χ1v) is 6.67. The molecule has 3 rings (SSSR count). The fourth-order valence-corrected chi connectivity index (χ4v) is 2.53. The number of aromatic hydroxyl groups is 1. The third kappa shape index (κ3) is 2.38. The molecule has 3 aromatic carbocycles. The molecular weight excluding hydrogens is 264 g/mol. The predicted molar refractivity (Wildman–Crippen MR) is 84.2 cm³/mol. The van der Waals surface area contributed by atoms with E-state index in [0.717, 1.165) is 21.9 Å². The fourth-order valence-electron chi connectivity index (χ4n) is 2.53. The molecule has 106 valence electrons. The molecule has 0 saturated carbocycles.